The number of rotatable bonds is 13. The molecule has 2 aromatic carbocycles. The van der Waals surface area contributed by atoms with Gasteiger partial charge in [0.15, 0.2) is 0 Å². The van der Waals surface area contributed by atoms with Crippen LogP contribution < -0.4 is 27.1 Å². The van der Waals surface area contributed by atoms with E-state index in [2.05, 4.69) is 30.7 Å². The first kappa shape index (κ1) is 49.7. The van der Waals surface area contributed by atoms with Crippen molar-refractivity contribution < 1.29 is 10.2 Å². The second kappa shape index (κ2) is 26.5. The average Bonchev–Trinajstić information content (AvgIpc) is 3.18. The van der Waals surface area contributed by atoms with Gasteiger partial charge in [0.2, 0.25) is 0 Å². The summed E-state index contributed by atoms with van der Waals surface area (Å²) >= 11 is 18.3. The number of aryl methyl sites for hydroxylation is 2. The van der Waals surface area contributed by atoms with E-state index >= 15 is 0 Å². The van der Waals surface area contributed by atoms with Gasteiger partial charge >= 0.3 is 0 Å². The molecule has 0 aliphatic carbocycles. The van der Waals surface area contributed by atoms with Gasteiger partial charge in [-0.05, 0) is 61.4 Å². The molecule has 2 aromatic heterocycles. The molecule has 5 N–H and O–H groups in total. The Morgan fingerprint density at radius 3 is 1.46 bits per heavy atom. The lowest BCUT2D eigenvalue weighted by Crippen LogP contribution is -2.48. The molecule has 15 heteroatoms. The van der Waals surface area contributed by atoms with Gasteiger partial charge in [0, 0.05) is 127 Å². The van der Waals surface area contributed by atoms with Crippen molar-refractivity contribution in [3.05, 3.63) is 115 Å². The minimum atomic E-state index is -0.103. The maximum absolute atomic E-state index is 12.1. The van der Waals surface area contributed by atoms with Gasteiger partial charge in [-0.3, -0.25) is 33.4 Å². The van der Waals surface area contributed by atoms with Crippen molar-refractivity contribution >= 4 is 46.2 Å². The summed E-state index contributed by atoms with van der Waals surface area (Å²) in [6.45, 7) is 16.8. The fraction of sp³-hybridized carbons (Fsp3) is 0.476. The number of anilines is 2. The van der Waals surface area contributed by atoms with Crippen LogP contribution in [0.3, 0.4) is 0 Å². The predicted octanol–water partition coefficient (Wildman–Crippen LogP) is 5.43. The van der Waals surface area contributed by atoms with Gasteiger partial charge in [0.05, 0.1) is 34.6 Å². The second-order valence-corrected chi connectivity index (χ2v) is 14.6. The van der Waals surface area contributed by atoms with Crippen LogP contribution in [0.2, 0.25) is 10.0 Å². The molecule has 12 nitrogen and oxygen atoms in total. The van der Waals surface area contributed by atoms with E-state index in [1.54, 1.807) is 45.8 Å². The number of aliphatic hydroxyl groups excluding tert-OH is 2. The molecule has 2 aliphatic heterocycles. The third kappa shape index (κ3) is 16.4. The van der Waals surface area contributed by atoms with Crippen molar-refractivity contribution in [2.45, 2.75) is 28.7 Å². The van der Waals surface area contributed by atoms with E-state index in [0.717, 1.165) is 101 Å². The molecular weight excluding hydrogens is 787 g/mol. The summed E-state index contributed by atoms with van der Waals surface area (Å²) in [5.41, 5.74) is 5.01. The van der Waals surface area contributed by atoms with Crippen molar-refractivity contribution in [1.82, 2.24) is 29.2 Å². The molecule has 4 heterocycles. The number of halogens is 3. The Morgan fingerprint density at radius 1 is 0.614 bits per heavy atom. The summed E-state index contributed by atoms with van der Waals surface area (Å²) in [7, 11) is 0. The molecule has 6 rings (SSSR count). The number of alkyl halides is 1. The van der Waals surface area contributed by atoms with Gasteiger partial charge in [0.1, 0.15) is 0 Å². The normalized spacial score (nSPS) is 14.5. The van der Waals surface area contributed by atoms with Crippen molar-refractivity contribution in [1.29, 1.82) is 0 Å². The smallest absolute Gasteiger partial charge is 0.255 e. The highest BCUT2D eigenvalue weighted by molar-refractivity contribution is 6.33. The molecule has 316 valence electrons. The van der Waals surface area contributed by atoms with Crippen LogP contribution >= 0.6 is 34.8 Å². The Labute approximate surface area is 354 Å². The zero-order chi connectivity index (χ0) is 39.6. The zero-order valence-electron chi connectivity index (χ0n) is 31.8. The number of hydrogen-bond acceptors (Lipinski definition) is 10. The number of aliphatic hydroxyl groups is 2. The number of nitrogens with zero attached hydrogens (tertiary/aromatic N) is 5. The molecule has 57 heavy (non-hydrogen) atoms. The first-order valence-corrected chi connectivity index (χ1v) is 20.0. The van der Waals surface area contributed by atoms with Gasteiger partial charge < -0.3 is 26.2 Å². The van der Waals surface area contributed by atoms with E-state index in [4.69, 9.17) is 45.0 Å². The van der Waals surface area contributed by atoms with Crippen molar-refractivity contribution in [3.8, 4) is 11.4 Å². The van der Waals surface area contributed by atoms with Crippen LogP contribution in [0.4, 0.5) is 11.4 Å². The van der Waals surface area contributed by atoms with Gasteiger partial charge in [-0.1, -0.05) is 50.2 Å². The molecule has 2 aliphatic rings. The van der Waals surface area contributed by atoms with E-state index in [0.29, 0.717) is 40.5 Å². The number of piperazine rings is 2. The molecule has 0 amide bonds. The molecule has 0 unspecified atom stereocenters. The van der Waals surface area contributed by atoms with Crippen LogP contribution in [0.15, 0.2) is 82.6 Å². The Hall–Kier alpha value is -3.43. The Kier molecular flexibility index (Phi) is 23.2. The molecule has 4 aromatic rings. The number of benzene rings is 2. The summed E-state index contributed by atoms with van der Waals surface area (Å²) in [4.78, 5) is 30.9. The fourth-order valence-electron chi connectivity index (χ4n) is 6.19. The van der Waals surface area contributed by atoms with Gasteiger partial charge in [0.25, 0.3) is 11.1 Å². The highest BCUT2D eigenvalue weighted by atomic mass is 35.5. The van der Waals surface area contributed by atoms with E-state index < -0.39 is 0 Å². The maximum atomic E-state index is 12.1. The quantitative estimate of drug-likeness (QED) is 0.111. The van der Waals surface area contributed by atoms with E-state index in [1.165, 1.54) is 6.07 Å². The van der Waals surface area contributed by atoms with Crippen molar-refractivity contribution in [3.63, 3.8) is 0 Å². The topological polar surface area (TPSA) is 130 Å². The summed E-state index contributed by atoms with van der Waals surface area (Å²) in [6, 6.07) is 17.8. The lowest BCUT2D eigenvalue weighted by atomic mass is 10.2. The number of β-amino-alcohol motifs (C(OH)–C–C–N with tert-alkyl or cyclic N) is 2. The number of pyridine rings is 2. The molecule has 0 bridgehead atoms. The summed E-state index contributed by atoms with van der Waals surface area (Å²) in [5.74, 6) is 0.525. The van der Waals surface area contributed by atoms with Crippen molar-refractivity contribution in [2.24, 2.45) is 0 Å². The standard InChI is InChI=1S/C20H27ClN4O2.C14H14Cl2N2O.C6H14N2O.2CH4/c1-16-2-5-20(27)25(15-16)19-4-3-17(14-18(19)21)22-6-7-23-8-10-24(11-9-23)12-13-26;1-10-2-5-14(19)18(9-10)13-4-3-11(8-12(13)16)17-7-6-15;9-6-5-8-3-1-7-2-4-8;;/h2-5,14-15,22,26H,6-13H2,1H3;2-5,8-9,17H,6-7H2,1H3;7,9H,1-6H2;2*1H4. The van der Waals surface area contributed by atoms with Crippen LogP contribution in [0, 0.1) is 13.8 Å². The molecule has 0 atom stereocenters. The van der Waals surface area contributed by atoms with Crippen LogP contribution in [-0.2, 0) is 0 Å². The van der Waals surface area contributed by atoms with E-state index in [9.17, 15) is 9.59 Å². The van der Waals surface area contributed by atoms with Crippen LogP contribution in [-0.4, -0.2) is 138 Å². The summed E-state index contributed by atoms with van der Waals surface area (Å²) in [5, 5.41) is 28.4. The predicted molar refractivity (Wildman–Crippen MR) is 241 cm³/mol. The number of aromatic nitrogens is 2. The maximum Gasteiger partial charge on any atom is 0.255 e. The van der Waals surface area contributed by atoms with Crippen LogP contribution in [0.1, 0.15) is 26.0 Å². The number of nitrogens with one attached hydrogen (secondary N) is 3. The molecule has 0 saturated carbocycles. The zero-order valence-corrected chi connectivity index (χ0v) is 34.1. The average molecular weight is 850 g/mol. The van der Waals surface area contributed by atoms with Crippen LogP contribution in [0.25, 0.3) is 11.4 Å². The minimum absolute atomic E-state index is 0. The lowest BCUT2D eigenvalue weighted by molar-refractivity contribution is 0.115. The minimum Gasteiger partial charge on any atom is -0.395 e. The third-order valence-electron chi connectivity index (χ3n) is 9.22. The largest absolute Gasteiger partial charge is 0.395 e. The Balaban J connectivity index is 0.000000325. The summed E-state index contributed by atoms with van der Waals surface area (Å²) in [6.07, 6.45) is 3.57. The molecular formula is C42H63Cl3N8O4. The summed E-state index contributed by atoms with van der Waals surface area (Å²) < 4.78 is 3.12. The SMILES string of the molecule is C.C.Cc1ccc(=O)n(-c2ccc(NCCCl)cc2Cl)c1.Cc1ccc(=O)n(-c2ccc(NCCN3CCN(CCO)CC3)cc2Cl)c1.OCCN1CCNCC1. The Morgan fingerprint density at radius 2 is 1.04 bits per heavy atom. The first-order chi connectivity index (χ1) is 26.6. The first-order valence-electron chi connectivity index (χ1n) is 18.7. The van der Waals surface area contributed by atoms with Gasteiger partial charge in [-0.15, -0.1) is 11.6 Å². The highest BCUT2D eigenvalue weighted by Crippen LogP contribution is 2.25. The Bertz CT molecular complexity index is 1880. The third-order valence-corrected chi connectivity index (χ3v) is 10.0. The van der Waals surface area contributed by atoms with Crippen molar-refractivity contribution in [2.75, 3.05) is 115 Å². The monoisotopic (exact) mass is 848 g/mol. The van der Waals surface area contributed by atoms with E-state index in [1.807, 2.05) is 44.2 Å². The molecule has 0 spiro atoms. The number of hydrogen-bond donors (Lipinski definition) is 5. The van der Waals surface area contributed by atoms with Crippen LogP contribution in [0.5, 0.6) is 0 Å². The molecule has 2 fully saturated rings. The lowest BCUT2D eigenvalue weighted by Gasteiger charge is -2.34. The molecule has 2 saturated heterocycles. The highest BCUT2D eigenvalue weighted by Gasteiger charge is 2.16. The van der Waals surface area contributed by atoms with Gasteiger partial charge in [-0.25, -0.2) is 0 Å². The molecule has 0 radical (unpaired) electrons. The van der Waals surface area contributed by atoms with E-state index in [-0.39, 0.29) is 32.6 Å². The fourth-order valence-corrected chi connectivity index (χ4v) is 6.83. The second-order valence-electron chi connectivity index (χ2n) is 13.4. The van der Waals surface area contributed by atoms with Gasteiger partial charge in [-0.2, -0.15) is 0 Å².